The van der Waals surface area contributed by atoms with E-state index in [1.54, 1.807) is 0 Å². The Morgan fingerprint density at radius 2 is 1.23 bits per heavy atom. The van der Waals surface area contributed by atoms with E-state index in [-0.39, 0.29) is 51.3 Å². The van der Waals surface area contributed by atoms with Crippen molar-refractivity contribution >= 4 is 77.9 Å². The average molecular weight is 726 g/mol. The van der Waals surface area contributed by atoms with Crippen molar-refractivity contribution in [2.45, 2.75) is 22.9 Å². The minimum absolute atomic E-state index is 0.00472. The van der Waals surface area contributed by atoms with Gasteiger partial charge in [-0.2, -0.15) is 30.0 Å². The lowest BCUT2D eigenvalue weighted by atomic mass is 10.1. The van der Waals surface area contributed by atoms with Gasteiger partial charge in [0.2, 0.25) is 5.91 Å². The summed E-state index contributed by atoms with van der Waals surface area (Å²) >= 11 is 0. The minimum Gasteiger partial charge on any atom is -0.465 e. The van der Waals surface area contributed by atoms with Crippen LogP contribution in [-0.4, -0.2) is 58.0 Å². The molecule has 18 nitrogen and oxygen atoms in total. The molecule has 264 valence electrons. The highest BCUT2D eigenvalue weighted by Gasteiger charge is 2.34. The molecule has 0 spiro atoms. The van der Waals surface area contributed by atoms with Gasteiger partial charge in [-0.1, -0.05) is 0 Å². The molecule has 0 fully saturated rings. The number of halogens is 3. The third-order valence-electron chi connectivity index (χ3n) is 5.66. The van der Waals surface area contributed by atoms with Crippen LogP contribution in [0.5, 0.6) is 0 Å². The average Bonchev–Trinajstić information content (AvgIpc) is 2.96. The van der Waals surface area contributed by atoms with E-state index in [2.05, 4.69) is 14.8 Å². The van der Waals surface area contributed by atoms with E-state index in [0.717, 1.165) is 18.2 Å². The molecule has 0 aliphatic heterocycles. The molecule has 3 aromatic carbocycles. The zero-order valence-electron chi connectivity index (χ0n) is 24.9. The number of hydrogen-bond acceptors (Lipinski definition) is 15. The molecular formula is C25H30F3N7O11S2. The number of ether oxygens (including phenoxy) is 2. The van der Waals surface area contributed by atoms with Crippen LogP contribution in [-0.2, 0) is 40.7 Å². The first-order valence-electron chi connectivity index (χ1n) is 12.3. The standard InChI is InChI=1S/C12H14N2O5.C7H6F3NO3S.C6H10N4O3S/c1-6(15)14-10-5-7(11(16)18-2)9(13)4-8(10)12(17)19-3;8-7(9,10)5-3-4(15(12,13)14)1-2-6(5)11;7-2-1-3(14(11,12)13)5(9)6(10)4(2)8/h4-5H,13H2,1-3H3,(H,14,15);1-3H,11H2,(H,12,13,14);1H,7-10H2,(H,11,12,13). The monoisotopic (exact) mass is 725 g/mol. The Bertz CT molecular complexity index is 1960. The molecule has 1 amide bonds. The van der Waals surface area contributed by atoms with Crippen LogP contribution in [0, 0.1) is 0 Å². The fourth-order valence-electron chi connectivity index (χ4n) is 3.36. The number of alkyl halides is 3. The normalized spacial score (nSPS) is 11.2. The lowest BCUT2D eigenvalue weighted by Crippen LogP contribution is -2.15. The Morgan fingerprint density at radius 3 is 1.67 bits per heavy atom. The number of esters is 2. The maximum absolute atomic E-state index is 12.3. The SMILES string of the molecule is COC(=O)c1cc(NC(C)=O)c(C(=O)OC)cc1N.Nc1cc(S(=O)(=O)O)c(N)c(N)c1N.Nc1ccc(S(=O)(=O)O)cc1C(F)(F)F. The van der Waals surface area contributed by atoms with E-state index >= 15 is 0 Å². The number of carbonyl (C=O) groups excluding carboxylic acids is 3. The summed E-state index contributed by atoms with van der Waals surface area (Å²) in [5.74, 6) is -1.74. The molecule has 0 aromatic heterocycles. The molecule has 0 unspecified atom stereocenters. The second-order valence-corrected chi connectivity index (χ2v) is 11.9. The van der Waals surface area contributed by atoms with Gasteiger partial charge in [-0.25, -0.2) is 9.59 Å². The molecule has 0 heterocycles. The predicted octanol–water partition coefficient (Wildman–Crippen LogP) is 1.60. The van der Waals surface area contributed by atoms with Gasteiger partial charge in [0.05, 0.1) is 64.2 Å². The van der Waals surface area contributed by atoms with Crippen LogP contribution in [0.1, 0.15) is 33.2 Å². The molecule has 48 heavy (non-hydrogen) atoms. The van der Waals surface area contributed by atoms with Gasteiger partial charge in [-0.3, -0.25) is 13.9 Å². The van der Waals surface area contributed by atoms with Crippen molar-refractivity contribution in [1.29, 1.82) is 0 Å². The lowest BCUT2D eigenvalue weighted by molar-refractivity contribution is -0.137. The summed E-state index contributed by atoms with van der Waals surface area (Å²) in [6.45, 7) is 1.27. The number of methoxy groups -OCH3 is 2. The van der Waals surface area contributed by atoms with E-state index in [9.17, 15) is 44.4 Å². The van der Waals surface area contributed by atoms with Crippen LogP contribution in [0.4, 0.5) is 53.0 Å². The molecule has 23 heteroatoms. The van der Waals surface area contributed by atoms with Crippen LogP contribution in [0.3, 0.4) is 0 Å². The van der Waals surface area contributed by atoms with Crippen molar-refractivity contribution in [3.63, 3.8) is 0 Å². The van der Waals surface area contributed by atoms with E-state index in [0.29, 0.717) is 0 Å². The van der Waals surface area contributed by atoms with Crippen LogP contribution in [0.2, 0.25) is 0 Å². The summed E-state index contributed by atoms with van der Waals surface area (Å²) in [5, 5.41) is 2.43. The highest BCUT2D eigenvalue weighted by molar-refractivity contribution is 7.86. The zero-order valence-corrected chi connectivity index (χ0v) is 26.6. The summed E-state index contributed by atoms with van der Waals surface area (Å²) in [4.78, 5) is 32.8. The molecule has 0 aliphatic carbocycles. The van der Waals surface area contributed by atoms with Crippen molar-refractivity contribution in [2.24, 2.45) is 0 Å². The first-order chi connectivity index (χ1) is 21.8. The van der Waals surface area contributed by atoms with Crippen molar-refractivity contribution in [1.82, 2.24) is 0 Å². The van der Waals surface area contributed by atoms with Gasteiger partial charge in [-0.05, 0) is 36.4 Å². The van der Waals surface area contributed by atoms with Gasteiger partial charge in [0, 0.05) is 18.3 Å². The van der Waals surface area contributed by atoms with E-state index in [1.165, 1.54) is 33.3 Å². The topological polar surface area (TPSA) is 347 Å². The number of carbonyl (C=O) groups is 3. The Labute approximate surface area is 270 Å². The maximum atomic E-state index is 12.3. The second kappa shape index (κ2) is 15.4. The van der Waals surface area contributed by atoms with Crippen LogP contribution in [0.15, 0.2) is 46.2 Å². The summed E-state index contributed by atoms with van der Waals surface area (Å²) < 4.78 is 106. The summed E-state index contributed by atoms with van der Waals surface area (Å²) in [6.07, 6.45) is -4.76. The van der Waals surface area contributed by atoms with Gasteiger partial charge >= 0.3 is 18.1 Å². The minimum atomic E-state index is -4.76. The molecule has 0 atom stereocenters. The van der Waals surface area contributed by atoms with Gasteiger partial charge in [0.15, 0.2) is 0 Å². The first-order valence-corrected chi connectivity index (χ1v) is 15.2. The number of nitrogens with two attached hydrogens (primary N) is 6. The van der Waals surface area contributed by atoms with Gasteiger partial charge in [0.1, 0.15) is 4.90 Å². The van der Waals surface area contributed by atoms with Crippen molar-refractivity contribution in [3.05, 3.63) is 53.1 Å². The van der Waals surface area contributed by atoms with Gasteiger partial charge < -0.3 is 49.2 Å². The van der Waals surface area contributed by atoms with E-state index < -0.39 is 65.3 Å². The largest absolute Gasteiger partial charge is 0.465 e. The number of anilines is 7. The summed E-state index contributed by atoms with van der Waals surface area (Å²) in [7, 11) is -6.69. The first kappa shape index (κ1) is 40.5. The molecule has 3 aromatic rings. The Hall–Kier alpha value is -5.52. The second-order valence-electron chi connectivity index (χ2n) is 9.05. The molecule has 15 N–H and O–H groups in total. The number of rotatable bonds is 5. The maximum Gasteiger partial charge on any atom is 0.418 e. The van der Waals surface area contributed by atoms with Gasteiger partial charge in [0.25, 0.3) is 20.2 Å². The molecule has 0 aliphatic rings. The Kier molecular flexibility index (Phi) is 13.0. The van der Waals surface area contributed by atoms with Crippen molar-refractivity contribution in [2.75, 3.05) is 53.9 Å². The molecule has 0 saturated carbocycles. The fraction of sp³-hybridized carbons (Fsp3) is 0.160. The highest BCUT2D eigenvalue weighted by Crippen LogP contribution is 2.35. The fourth-order valence-corrected chi connectivity index (χ4v) is 4.53. The number of hydrogen-bond donors (Lipinski definition) is 9. The predicted molar refractivity (Wildman–Crippen MR) is 167 cm³/mol. The van der Waals surface area contributed by atoms with Gasteiger partial charge in [-0.15, -0.1) is 0 Å². The Balaban J connectivity index is 0.000000365. The molecule has 0 bridgehead atoms. The number of amides is 1. The van der Waals surface area contributed by atoms with Crippen LogP contribution in [0.25, 0.3) is 0 Å². The van der Waals surface area contributed by atoms with Crippen molar-refractivity contribution in [3.8, 4) is 0 Å². The molecule has 0 saturated heterocycles. The molecule has 0 radical (unpaired) electrons. The smallest absolute Gasteiger partial charge is 0.418 e. The van der Waals surface area contributed by atoms with Crippen molar-refractivity contribution < 1.29 is 63.0 Å². The lowest BCUT2D eigenvalue weighted by Gasteiger charge is -2.12. The third kappa shape index (κ3) is 10.5. The number of benzene rings is 3. The molecular weight excluding hydrogens is 695 g/mol. The Morgan fingerprint density at radius 1 is 0.708 bits per heavy atom. The summed E-state index contributed by atoms with van der Waals surface area (Å²) in [6, 6.07) is 5.32. The van der Waals surface area contributed by atoms with E-state index in [1.807, 2.05) is 0 Å². The summed E-state index contributed by atoms with van der Waals surface area (Å²) in [5.41, 5.74) is 30.0. The van der Waals surface area contributed by atoms with Crippen LogP contribution >= 0.6 is 0 Å². The molecule has 3 rings (SSSR count). The van der Waals surface area contributed by atoms with Crippen LogP contribution < -0.4 is 39.7 Å². The number of nitrogens with one attached hydrogen (secondary N) is 1. The van der Waals surface area contributed by atoms with E-state index in [4.69, 9.17) is 43.5 Å². The number of nitrogen functional groups attached to an aromatic ring is 6. The third-order valence-corrected chi connectivity index (χ3v) is 7.40. The zero-order chi connectivity index (χ0) is 37.5. The highest BCUT2D eigenvalue weighted by atomic mass is 32.2. The quantitative estimate of drug-likeness (QED) is 0.102.